The van der Waals surface area contributed by atoms with Gasteiger partial charge in [0.1, 0.15) is 5.82 Å². The SMILES string of the molecule is CNC(C)c1cccc(F)c1N(C)CC1CCCC1. The monoisotopic (exact) mass is 264 g/mol. The third-order valence-electron chi connectivity index (χ3n) is 4.31. The summed E-state index contributed by atoms with van der Waals surface area (Å²) in [5.41, 5.74) is 1.80. The summed E-state index contributed by atoms with van der Waals surface area (Å²) >= 11 is 0. The van der Waals surface area contributed by atoms with E-state index in [0.29, 0.717) is 0 Å². The first-order chi connectivity index (χ1) is 9.13. The van der Waals surface area contributed by atoms with Gasteiger partial charge in [0.05, 0.1) is 5.69 Å². The zero-order valence-electron chi connectivity index (χ0n) is 12.2. The minimum absolute atomic E-state index is 0.111. The van der Waals surface area contributed by atoms with Crippen LogP contribution in [0.5, 0.6) is 0 Å². The number of hydrogen-bond acceptors (Lipinski definition) is 2. The number of rotatable bonds is 5. The van der Waals surface area contributed by atoms with E-state index in [4.69, 9.17) is 0 Å². The molecule has 106 valence electrons. The van der Waals surface area contributed by atoms with Gasteiger partial charge >= 0.3 is 0 Å². The van der Waals surface area contributed by atoms with Crippen molar-refractivity contribution in [2.24, 2.45) is 5.92 Å². The number of anilines is 1. The van der Waals surface area contributed by atoms with Crippen molar-refractivity contribution in [3.63, 3.8) is 0 Å². The van der Waals surface area contributed by atoms with E-state index in [1.165, 1.54) is 25.7 Å². The molecule has 0 bridgehead atoms. The predicted molar refractivity (Wildman–Crippen MR) is 79.1 cm³/mol. The molecule has 1 aliphatic carbocycles. The van der Waals surface area contributed by atoms with Crippen LogP contribution in [0.3, 0.4) is 0 Å². The molecule has 0 radical (unpaired) electrons. The van der Waals surface area contributed by atoms with Gasteiger partial charge in [-0.25, -0.2) is 4.39 Å². The molecule has 2 rings (SSSR count). The van der Waals surface area contributed by atoms with Crippen LogP contribution >= 0.6 is 0 Å². The molecule has 0 aliphatic heterocycles. The van der Waals surface area contributed by atoms with Gasteiger partial charge < -0.3 is 10.2 Å². The molecular formula is C16H25FN2. The van der Waals surface area contributed by atoms with Crippen LogP contribution in [0.4, 0.5) is 10.1 Å². The Balaban J connectivity index is 2.21. The van der Waals surface area contributed by atoms with Crippen molar-refractivity contribution in [2.75, 3.05) is 25.5 Å². The molecule has 1 aliphatic rings. The third-order valence-corrected chi connectivity index (χ3v) is 4.31. The Labute approximate surface area is 116 Å². The Morgan fingerprint density at radius 3 is 2.68 bits per heavy atom. The molecule has 1 aromatic rings. The van der Waals surface area contributed by atoms with Crippen molar-refractivity contribution >= 4 is 5.69 Å². The summed E-state index contributed by atoms with van der Waals surface area (Å²) < 4.78 is 14.2. The summed E-state index contributed by atoms with van der Waals surface area (Å²) in [6.07, 6.45) is 5.23. The number of hydrogen-bond donors (Lipinski definition) is 1. The molecule has 19 heavy (non-hydrogen) atoms. The Morgan fingerprint density at radius 1 is 1.37 bits per heavy atom. The average Bonchev–Trinajstić information content (AvgIpc) is 2.90. The lowest BCUT2D eigenvalue weighted by Gasteiger charge is -2.27. The lowest BCUT2D eigenvalue weighted by Crippen LogP contribution is -2.27. The second-order valence-corrected chi connectivity index (χ2v) is 5.72. The van der Waals surface area contributed by atoms with Gasteiger partial charge in [0.15, 0.2) is 0 Å². The number of nitrogens with zero attached hydrogens (tertiary/aromatic N) is 1. The molecule has 1 unspecified atom stereocenters. The van der Waals surface area contributed by atoms with Crippen molar-refractivity contribution in [1.29, 1.82) is 0 Å². The summed E-state index contributed by atoms with van der Waals surface area (Å²) in [6.45, 7) is 3.03. The second kappa shape index (κ2) is 6.38. The molecule has 1 aromatic carbocycles. The smallest absolute Gasteiger partial charge is 0.146 e. The Bertz CT molecular complexity index is 413. The van der Waals surface area contributed by atoms with Crippen molar-refractivity contribution in [3.05, 3.63) is 29.6 Å². The van der Waals surface area contributed by atoms with E-state index in [-0.39, 0.29) is 11.9 Å². The van der Waals surface area contributed by atoms with Gasteiger partial charge in [-0.15, -0.1) is 0 Å². The highest BCUT2D eigenvalue weighted by molar-refractivity contribution is 5.55. The van der Waals surface area contributed by atoms with Crippen molar-refractivity contribution in [2.45, 2.75) is 38.6 Å². The molecular weight excluding hydrogens is 239 g/mol. The van der Waals surface area contributed by atoms with E-state index >= 15 is 0 Å². The fourth-order valence-corrected chi connectivity index (χ4v) is 3.11. The number of nitrogens with one attached hydrogen (secondary N) is 1. The Hall–Kier alpha value is -1.09. The highest BCUT2D eigenvalue weighted by Crippen LogP contribution is 2.32. The zero-order chi connectivity index (χ0) is 13.8. The van der Waals surface area contributed by atoms with Crippen LogP contribution in [-0.4, -0.2) is 20.6 Å². The van der Waals surface area contributed by atoms with Gasteiger partial charge in [-0.2, -0.15) is 0 Å². The largest absolute Gasteiger partial charge is 0.372 e. The van der Waals surface area contributed by atoms with E-state index in [9.17, 15) is 4.39 Å². The molecule has 0 spiro atoms. The molecule has 2 nitrogen and oxygen atoms in total. The molecule has 3 heteroatoms. The van der Waals surface area contributed by atoms with Crippen LogP contribution in [-0.2, 0) is 0 Å². The molecule has 1 N–H and O–H groups in total. The molecule has 1 saturated carbocycles. The summed E-state index contributed by atoms with van der Waals surface area (Å²) in [4.78, 5) is 2.11. The number of para-hydroxylation sites is 1. The van der Waals surface area contributed by atoms with Gasteiger partial charge in [-0.1, -0.05) is 25.0 Å². The van der Waals surface area contributed by atoms with E-state index in [0.717, 1.165) is 23.7 Å². The standard InChI is InChI=1S/C16H25FN2/c1-12(18-2)14-9-6-10-15(17)16(14)19(3)11-13-7-4-5-8-13/h6,9-10,12-13,18H,4-5,7-8,11H2,1-3H3. The quantitative estimate of drug-likeness (QED) is 0.871. The van der Waals surface area contributed by atoms with E-state index < -0.39 is 0 Å². The maximum absolute atomic E-state index is 14.2. The number of benzene rings is 1. The van der Waals surface area contributed by atoms with Gasteiger partial charge in [-0.3, -0.25) is 0 Å². The van der Waals surface area contributed by atoms with Gasteiger partial charge in [0, 0.05) is 19.6 Å². The summed E-state index contributed by atoms with van der Waals surface area (Å²) in [7, 11) is 3.93. The van der Waals surface area contributed by atoms with Crippen molar-refractivity contribution in [3.8, 4) is 0 Å². The van der Waals surface area contributed by atoms with Crippen LogP contribution in [0.2, 0.25) is 0 Å². The maximum Gasteiger partial charge on any atom is 0.146 e. The maximum atomic E-state index is 14.2. The van der Waals surface area contributed by atoms with Crippen LogP contribution in [0, 0.1) is 11.7 Å². The topological polar surface area (TPSA) is 15.3 Å². The van der Waals surface area contributed by atoms with Crippen LogP contribution in [0.15, 0.2) is 18.2 Å². The van der Waals surface area contributed by atoms with E-state index in [2.05, 4.69) is 17.1 Å². The van der Waals surface area contributed by atoms with Gasteiger partial charge in [0.2, 0.25) is 0 Å². The highest BCUT2D eigenvalue weighted by Gasteiger charge is 2.21. The summed E-state index contributed by atoms with van der Waals surface area (Å²) in [5, 5.41) is 3.20. The minimum Gasteiger partial charge on any atom is -0.372 e. The average molecular weight is 264 g/mol. The van der Waals surface area contributed by atoms with Crippen LogP contribution in [0.1, 0.15) is 44.2 Å². The fourth-order valence-electron chi connectivity index (χ4n) is 3.11. The summed E-state index contributed by atoms with van der Waals surface area (Å²) in [5.74, 6) is 0.613. The van der Waals surface area contributed by atoms with Crippen molar-refractivity contribution in [1.82, 2.24) is 5.32 Å². The minimum atomic E-state index is -0.111. The fraction of sp³-hybridized carbons (Fsp3) is 0.625. The number of halogens is 1. The molecule has 0 amide bonds. The predicted octanol–water partition coefficient (Wildman–Crippen LogP) is 3.73. The lowest BCUT2D eigenvalue weighted by molar-refractivity contribution is 0.534. The molecule has 0 aromatic heterocycles. The first kappa shape index (κ1) is 14.3. The Kier molecular flexibility index (Phi) is 4.81. The first-order valence-corrected chi connectivity index (χ1v) is 7.30. The van der Waals surface area contributed by atoms with Crippen LogP contribution < -0.4 is 10.2 Å². The molecule has 0 saturated heterocycles. The molecule has 0 heterocycles. The van der Waals surface area contributed by atoms with Crippen molar-refractivity contribution < 1.29 is 4.39 Å². The molecule has 1 fully saturated rings. The normalized spacial score (nSPS) is 17.7. The molecule has 1 atom stereocenters. The first-order valence-electron chi connectivity index (χ1n) is 7.30. The summed E-state index contributed by atoms with van der Waals surface area (Å²) in [6, 6.07) is 5.54. The van der Waals surface area contributed by atoms with E-state index in [1.807, 2.05) is 20.2 Å². The third kappa shape index (κ3) is 3.27. The zero-order valence-corrected chi connectivity index (χ0v) is 12.2. The highest BCUT2D eigenvalue weighted by atomic mass is 19.1. The van der Waals surface area contributed by atoms with Crippen LogP contribution in [0.25, 0.3) is 0 Å². The lowest BCUT2D eigenvalue weighted by atomic mass is 10.0. The van der Waals surface area contributed by atoms with Gasteiger partial charge in [-0.05, 0) is 44.4 Å². The van der Waals surface area contributed by atoms with E-state index in [1.54, 1.807) is 12.1 Å². The Morgan fingerprint density at radius 2 is 2.05 bits per heavy atom. The van der Waals surface area contributed by atoms with Gasteiger partial charge in [0.25, 0.3) is 0 Å². The second-order valence-electron chi connectivity index (χ2n) is 5.72.